The fourth-order valence-corrected chi connectivity index (χ4v) is 2.06. The third kappa shape index (κ3) is 3.06. The van der Waals surface area contributed by atoms with Crippen LogP contribution in [0.2, 0.25) is 10.0 Å². The Morgan fingerprint density at radius 2 is 1.85 bits per heavy atom. The van der Waals surface area contributed by atoms with Crippen molar-refractivity contribution in [2.75, 3.05) is 0 Å². The number of halogens is 5. The van der Waals surface area contributed by atoms with Crippen molar-refractivity contribution in [3.05, 3.63) is 51.6 Å². The number of rotatable bonds is 2. The molecule has 1 heterocycles. The van der Waals surface area contributed by atoms with E-state index in [1.807, 2.05) is 0 Å². The van der Waals surface area contributed by atoms with Gasteiger partial charge in [0.1, 0.15) is 5.69 Å². The predicted molar refractivity (Wildman–Crippen MR) is 70.6 cm³/mol. The molecule has 0 atom stereocenters. The average Bonchev–Trinajstić information content (AvgIpc) is 2.40. The molecule has 0 unspecified atom stereocenters. The number of aliphatic hydroxyl groups is 1. The Hall–Kier alpha value is -1.30. The van der Waals surface area contributed by atoms with E-state index in [-0.39, 0.29) is 26.9 Å². The van der Waals surface area contributed by atoms with Crippen LogP contribution in [0.4, 0.5) is 13.2 Å². The minimum Gasteiger partial charge on any atom is -0.392 e. The normalized spacial score (nSPS) is 11.7. The summed E-state index contributed by atoms with van der Waals surface area (Å²) in [4.78, 5) is 3.55. The maximum Gasteiger partial charge on any atom is 0.433 e. The monoisotopic (exact) mass is 321 g/mol. The van der Waals surface area contributed by atoms with Gasteiger partial charge in [0.05, 0.1) is 22.3 Å². The molecular formula is C13H8Cl2F3NO. The van der Waals surface area contributed by atoms with E-state index in [1.165, 1.54) is 18.2 Å². The highest BCUT2D eigenvalue weighted by Crippen LogP contribution is 2.35. The predicted octanol–water partition coefficient (Wildman–Crippen LogP) is 4.57. The van der Waals surface area contributed by atoms with E-state index >= 15 is 0 Å². The minimum absolute atomic E-state index is 0.0105. The Bertz CT molecular complexity index is 644. The van der Waals surface area contributed by atoms with Gasteiger partial charge in [0, 0.05) is 5.56 Å². The first-order valence-corrected chi connectivity index (χ1v) is 6.22. The number of hydrogen-bond donors (Lipinski definition) is 1. The lowest BCUT2D eigenvalue weighted by atomic mass is 10.1. The zero-order valence-electron chi connectivity index (χ0n) is 9.88. The lowest BCUT2D eigenvalue weighted by Gasteiger charge is -2.11. The smallest absolute Gasteiger partial charge is 0.392 e. The summed E-state index contributed by atoms with van der Waals surface area (Å²) < 4.78 is 38.3. The van der Waals surface area contributed by atoms with Gasteiger partial charge >= 0.3 is 6.18 Å². The summed E-state index contributed by atoms with van der Waals surface area (Å²) in [6, 6.07) is 6.73. The molecule has 1 aromatic heterocycles. The highest BCUT2D eigenvalue weighted by molar-refractivity contribution is 6.43. The Kier molecular flexibility index (Phi) is 4.22. The van der Waals surface area contributed by atoms with E-state index in [2.05, 4.69) is 4.98 Å². The molecule has 0 radical (unpaired) electrons. The highest BCUT2D eigenvalue weighted by atomic mass is 35.5. The van der Waals surface area contributed by atoms with Crippen LogP contribution in [0.3, 0.4) is 0 Å². The molecule has 0 saturated heterocycles. The lowest BCUT2D eigenvalue weighted by Crippen LogP contribution is -2.09. The Labute approximate surface area is 122 Å². The number of hydrogen-bond acceptors (Lipinski definition) is 2. The van der Waals surface area contributed by atoms with E-state index in [0.29, 0.717) is 0 Å². The molecule has 0 aliphatic carbocycles. The zero-order chi connectivity index (χ0) is 14.9. The minimum atomic E-state index is -4.61. The van der Waals surface area contributed by atoms with Crippen LogP contribution in [0, 0.1) is 0 Å². The van der Waals surface area contributed by atoms with Crippen molar-refractivity contribution in [2.45, 2.75) is 12.8 Å². The molecule has 2 rings (SSSR count). The molecule has 0 fully saturated rings. The van der Waals surface area contributed by atoms with Crippen molar-refractivity contribution in [1.29, 1.82) is 0 Å². The molecule has 0 saturated carbocycles. The van der Waals surface area contributed by atoms with Crippen LogP contribution >= 0.6 is 23.2 Å². The van der Waals surface area contributed by atoms with Gasteiger partial charge in [-0.1, -0.05) is 35.3 Å². The van der Waals surface area contributed by atoms with Crippen LogP contribution in [-0.4, -0.2) is 10.1 Å². The van der Waals surface area contributed by atoms with Crippen LogP contribution in [0.25, 0.3) is 11.3 Å². The third-order valence-electron chi connectivity index (χ3n) is 2.59. The molecule has 1 N–H and O–H groups in total. The fourth-order valence-electron chi connectivity index (χ4n) is 1.66. The SMILES string of the molecule is OCc1cc(-c2cccc(Cl)c2Cl)nc(C(F)(F)F)c1. The van der Waals surface area contributed by atoms with Crippen LogP contribution in [0.1, 0.15) is 11.3 Å². The molecule has 20 heavy (non-hydrogen) atoms. The van der Waals surface area contributed by atoms with Gasteiger partial charge in [-0.2, -0.15) is 13.2 Å². The third-order valence-corrected chi connectivity index (χ3v) is 3.40. The van der Waals surface area contributed by atoms with Gasteiger partial charge in [-0.15, -0.1) is 0 Å². The first kappa shape index (κ1) is 15.1. The van der Waals surface area contributed by atoms with Gasteiger partial charge in [-0.25, -0.2) is 4.98 Å². The zero-order valence-corrected chi connectivity index (χ0v) is 11.4. The summed E-state index contributed by atoms with van der Waals surface area (Å²) in [5, 5.41) is 9.40. The van der Waals surface area contributed by atoms with Gasteiger partial charge in [-0.05, 0) is 23.8 Å². The Morgan fingerprint density at radius 3 is 2.45 bits per heavy atom. The van der Waals surface area contributed by atoms with Crippen molar-refractivity contribution in [1.82, 2.24) is 4.98 Å². The lowest BCUT2D eigenvalue weighted by molar-refractivity contribution is -0.141. The fraction of sp³-hybridized carbons (Fsp3) is 0.154. The molecule has 2 aromatic rings. The molecule has 0 amide bonds. The van der Waals surface area contributed by atoms with Gasteiger partial charge in [-0.3, -0.25) is 0 Å². The molecule has 0 bridgehead atoms. The number of aliphatic hydroxyl groups excluding tert-OH is 1. The topological polar surface area (TPSA) is 33.1 Å². The van der Waals surface area contributed by atoms with Crippen molar-refractivity contribution < 1.29 is 18.3 Å². The molecule has 7 heteroatoms. The summed E-state index contributed by atoms with van der Waals surface area (Å²) >= 11 is 11.8. The summed E-state index contributed by atoms with van der Waals surface area (Å²) in [5.41, 5.74) is -0.704. The van der Waals surface area contributed by atoms with Crippen molar-refractivity contribution >= 4 is 23.2 Å². The molecule has 0 aliphatic heterocycles. The molecule has 0 aliphatic rings. The Balaban J connectivity index is 2.65. The van der Waals surface area contributed by atoms with Crippen molar-refractivity contribution in [3.8, 4) is 11.3 Å². The van der Waals surface area contributed by atoms with E-state index in [0.717, 1.165) is 6.07 Å². The second kappa shape index (κ2) is 5.60. The number of aromatic nitrogens is 1. The number of benzene rings is 1. The largest absolute Gasteiger partial charge is 0.433 e. The molecule has 1 aromatic carbocycles. The van der Waals surface area contributed by atoms with Crippen molar-refractivity contribution in [3.63, 3.8) is 0 Å². The molecule has 0 spiro atoms. The second-order valence-corrected chi connectivity index (χ2v) is 4.79. The summed E-state index contributed by atoms with van der Waals surface area (Å²) in [5.74, 6) is 0. The summed E-state index contributed by atoms with van der Waals surface area (Å²) in [6.07, 6.45) is -4.61. The van der Waals surface area contributed by atoms with Crippen molar-refractivity contribution in [2.24, 2.45) is 0 Å². The van der Waals surface area contributed by atoms with Gasteiger partial charge in [0.15, 0.2) is 0 Å². The average molecular weight is 322 g/mol. The van der Waals surface area contributed by atoms with E-state index in [9.17, 15) is 13.2 Å². The Morgan fingerprint density at radius 1 is 1.15 bits per heavy atom. The highest BCUT2D eigenvalue weighted by Gasteiger charge is 2.33. The summed E-state index contributed by atoms with van der Waals surface area (Å²) in [6.45, 7) is -0.531. The van der Waals surface area contributed by atoms with Gasteiger partial charge in [0.25, 0.3) is 0 Å². The number of alkyl halides is 3. The quantitative estimate of drug-likeness (QED) is 0.879. The molecule has 2 nitrogen and oxygen atoms in total. The molecule has 106 valence electrons. The number of pyridine rings is 1. The van der Waals surface area contributed by atoms with Gasteiger partial charge < -0.3 is 5.11 Å². The number of nitrogens with zero attached hydrogens (tertiary/aromatic N) is 1. The van der Waals surface area contributed by atoms with E-state index in [4.69, 9.17) is 28.3 Å². The maximum absolute atomic E-state index is 12.8. The molecular weight excluding hydrogens is 314 g/mol. The van der Waals surface area contributed by atoms with Gasteiger partial charge in [0.2, 0.25) is 0 Å². The summed E-state index contributed by atoms with van der Waals surface area (Å²) in [7, 11) is 0. The van der Waals surface area contributed by atoms with E-state index in [1.54, 1.807) is 6.07 Å². The first-order chi connectivity index (χ1) is 9.32. The second-order valence-electron chi connectivity index (χ2n) is 4.00. The van der Waals surface area contributed by atoms with E-state index < -0.39 is 18.5 Å². The van der Waals surface area contributed by atoms with Crippen LogP contribution in [-0.2, 0) is 12.8 Å². The van der Waals surface area contributed by atoms with Crippen LogP contribution in [0.15, 0.2) is 30.3 Å². The maximum atomic E-state index is 12.8. The van der Waals surface area contributed by atoms with Crippen LogP contribution in [0.5, 0.6) is 0 Å². The first-order valence-electron chi connectivity index (χ1n) is 5.46. The standard InChI is InChI=1S/C13H8Cl2F3NO/c14-9-3-1-2-8(12(9)15)10-4-7(6-20)5-11(19-10)13(16,17)18/h1-5,20H,6H2. The van der Waals surface area contributed by atoms with Crippen LogP contribution < -0.4 is 0 Å².